The first-order valence-electron chi connectivity index (χ1n) is 5.13. The van der Waals surface area contributed by atoms with Crippen LogP contribution in [0.1, 0.15) is 24.2 Å². The predicted molar refractivity (Wildman–Crippen MR) is 64.7 cm³/mol. The molecule has 0 unspecified atom stereocenters. The van der Waals surface area contributed by atoms with Crippen LogP contribution < -0.4 is 0 Å². The highest BCUT2D eigenvalue weighted by Crippen LogP contribution is 2.20. The Morgan fingerprint density at radius 3 is 2.59 bits per heavy atom. The van der Waals surface area contributed by atoms with E-state index in [2.05, 4.69) is 0 Å². The van der Waals surface area contributed by atoms with Crippen molar-refractivity contribution < 1.29 is 14.3 Å². The molecule has 0 aliphatic rings. The van der Waals surface area contributed by atoms with Gasteiger partial charge in [-0.25, -0.2) is 4.39 Å². The van der Waals surface area contributed by atoms with Crippen LogP contribution in [0.5, 0.6) is 0 Å². The Bertz CT molecular complexity index is 435. The maximum Gasteiger partial charge on any atom is 0.254 e. The minimum absolute atomic E-state index is 0.0916. The molecule has 1 amide bonds. The molecule has 0 heterocycles. The highest BCUT2D eigenvalue weighted by Gasteiger charge is 2.27. The highest BCUT2D eigenvalue weighted by molar-refractivity contribution is 6.31. The van der Waals surface area contributed by atoms with Gasteiger partial charge in [0.05, 0.1) is 17.2 Å². The summed E-state index contributed by atoms with van der Waals surface area (Å²) in [5.74, 6) is -0.877. The van der Waals surface area contributed by atoms with Gasteiger partial charge in [-0.1, -0.05) is 11.6 Å². The van der Waals surface area contributed by atoms with E-state index in [1.54, 1.807) is 20.9 Å². The highest BCUT2D eigenvalue weighted by atomic mass is 35.5. The Hall–Kier alpha value is -1.13. The minimum atomic E-state index is -0.683. The maximum atomic E-state index is 13.0. The van der Waals surface area contributed by atoms with Gasteiger partial charge in [0.25, 0.3) is 5.91 Å². The summed E-state index contributed by atoms with van der Waals surface area (Å²) in [6, 6.07) is 3.80. The summed E-state index contributed by atoms with van der Waals surface area (Å²) in [7, 11) is 1.58. The van der Waals surface area contributed by atoms with Crippen LogP contribution in [0.2, 0.25) is 5.02 Å². The zero-order valence-corrected chi connectivity index (χ0v) is 10.8. The minimum Gasteiger partial charge on any atom is -0.394 e. The summed E-state index contributed by atoms with van der Waals surface area (Å²) >= 11 is 5.62. The van der Waals surface area contributed by atoms with E-state index < -0.39 is 11.4 Å². The van der Waals surface area contributed by atoms with Crippen molar-refractivity contribution in [2.45, 2.75) is 19.4 Å². The van der Waals surface area contributed by atoms with Crippen LogP contribution in [0.25, 0.3) is 0 Å². The van der Waals surface area contributed by atoms with Gasteiger partial charge < -0.3 is 10.0 Å². The molecule has 1 aromatic carbocycles. The number of hydrogen-bond donors (Lipinski definition) is 1. The van der Waals surface area contributed by atoms with Crippen LogP contribution in [0.4, 0.5) is 4.39 Å². The predicted octanol–water partition coefficient (Wildman–Crippen LogP) is 2.32. The molecule has 0 bridgehead atoms. The second-order valence-corrected chi connectivity index (χ2v) is 4.87. The number of amides is 1. The summed E-state index contributed by atoms with van der Waals surface area (Å²) in [4.78, 5) is 13.4. The number of aliphatic hydroxyl groups excluding tert-OH is 1. The van der Waals surface area contributed by atoms with Crippen LogP contribution in [0.3, 0.4) is 0 Å². The zero-order chi connectivity index (χ0) is 13.2. The Labute approximate surface area is 105 Å². The fraction of sp³-hybridized carbons (Fsp3) is 0.417. The third kappa shape index (κ3) is 2.96. The summed E-state index contributed by atoms with van der Waals surface area (Å²) in [5.41, 5.74) is -0.391. The number of aliphatic hydroxyl groups is 1. The summed E-state index contributed by atoms with van der Waals surface area (Å²) in [5, 5.41) is 9.09. The van der Waals surface area contributed by atoms with E-state index in [9.17, 15) is 14.3 Å². The van der Waals surface area contributed by atoms with E-state index in [1.807, 2.05) is 0 Å². The average Bonchev–Trinajstić information content (AvgIpc) is 2.30. The maximum absolute atomic E-state index is 13.0. The summed E-state index contributed by atoms with van der Waals surface area (Å²) in [6.45, 7) is 3.30. The standard InChI is InChI=1S/C12H15ClFNO2/c1-12(2,7-16)15(3)11(17)8-4-5-10(14)9(13)6-8/h4-6,16H,7H2,1-3H3. The van der Waals surface area contributed by atoms with Crippen molar-refractivity contribution in [2.24, 2.45) is 0 Å². The van der Waals surface area contributed by atoms with Crippen molar-refractivity contribution in [3.8, 4) is 0 Å². The van der Waals surface area contributed by atoms with E-state index >= 15 is 0 Å². The molecule has 0 spiro atoms. The van der Waals surface area contributed by atoms with Gasteiger partial charge in [-0.3, -0.25) is 4.79 Å². The molecular formula is C12H15ClFNO2. The third-order valence-electron chi connectivity index (χ3n) is 2.77. The average molecular weight is 260 g/mol. The van der Waals surface area contributed by atoms with Gasteiger partial charge in [-0.15, -0.1) is 0 Å². The molecule has 0 aliphatic carbocycles. The fourth-order valence-electron chi connectivity index (χ4n) is 1.20. The van der Waals surface area contributed by atoms with E-state index in [1.165, 1.54) is 17.0 Å². The molecular weight excluding hydrogens is 245 g/mol. The van der Waals surface area contributed by atoms with Crippen LogP contribution >= 0.6 is 11.6 Å². The first kappa shape index (κ1) is 13.9. The first-order chi connectivity index (χ1) is 7.79. The second kappa shape index (κ2) is 5.02. The molecule has 0 fully saturated rings. The Morgan fingerprint density at radius 1 is 1.53 bits per heavy atom. The van der Waals surface area contributed by atoms with Crippen LogP contribution in [-0.4, -0.2) is 35.1 Å². The smallest absolute Gasteiger partial charge is 0.254 e. The van der Waals surface area contributed by atoms with Crippen molar-refractivity contribution in [1.82, 2.24) is 4.90 Å². The van der Waals surface area contributed by atoms with Crippen LogP contribution in [-0.2, 0) is 0 Å². The van der Waals surface area contributed by atoms with Gasteiger partial charge in [0.2, 0.25) is 0 Å². The van der Waals surface area contributed by atoms with E-state index in [0.29, 0.717) is 5.56 Å². The van der Waals surface area contributed by atoms with E-state index in [-0.39, 0.29) is 17.5 Å². The second-order valence-electron chi connectivity index (χ2n) is 4.46. The topological polar surface area (TPSA) is 40.5 Å². The molecule has 3 nitrogen and oxygen atoms in total. The number of nitrogens with zero attached hydrogens (tertiary/aromatic N) is 1. The Balaban J connectivity index is 3.01. The number of benzene rings is 1. The van der Waals surface area contributed by atoms with Crippen molar-refractivity contribution >= 4 is 17.5 Å². The molecule has 0 atom stereocenters. The molecule has 0 aliphatic heterocycles. The quantitative estimate of drug-likeness (QED) is 0.905. The van der Waals surface area contributed by atoms with Crippen molar-refractivity contribution in [2.75, 3.05) is 13.7 Å². The molecule has 0 saturated heterocycles. The molecule has 1 N–H and O–H groups in total. The van der Waals surface area contributed by atoms with Crippen molar-refractivity contribution in [1.29, 1.82) is 0 Å². The molecule has 0 radical (unpaired) electrons. The molecule has 0 aromatic heterocycles. The van der Waals surface area contributed by atoms with Gasteiger partial charge >= 0.3 is 0 Å². The van der Waals surface area contributed by atoms with Gasteiger partial charge in [-0.2, -0.15) is 0 Å². The monoisotopic (exact) mass is 259 g/mol. The lowest BCUT2D eigenvalue weighted by molar-refractivity contribution is 0.0473. The lowest BCUT2D eigenvalue weighted by atomic mass is 10.0. The first-order valence-corrected chi connectivity index (χ1v) is 5.51. The Morgan fingerprint density at radius 2 is 2.12 bits per heavy atom. The molecule has 94 valence electrons. The zero-order valence-electron chi connectivity index (χ0n) is 10.00. The van der Waals surface area contributed by atoms with E-state index in [0.717, 1.165) is 6.07 Å². The molecule has 1 rings (SSSR count). The Kier molecular flexibility index (Phi) is 4.11. The van der Waals surface area contributed by atoms with Crippen LogP contribution in [0, 0.1) is 5.82 Å². The number of hydrogen-bond acceptors (Lipinski definition) is 2. The number of likely N-dealkylation sites (N-methyl/N-ethyl adjacent to an activating group) is 1. The molecule has 1 aromatic rings. The largest absolute Gasteiger partial charge is 0.394 e. The summed E-state index contributed by atoms with van der Waals surface area (Å²) in [6.07, 6.45) is 0. The number of carbonyl (C=O) groups is 1. The van der Waals surface area contributed by atoms with Gasteiger partial charge in [0, 0.05) is 12.6 Å². The molecule has 17 heavy (non-hydrogen) atoms. The van der Waals surface area contributed by atoms with Crippen molar-refractivity contribution in [3.05, 3.63) is 34.6 Å². The van der Waals surface area contributed by atoms with Crippen LogP contribution in [0.15, 0.2) is 18.2 Å². The van der Waals surface area contributed by atoms with Gasteiger partial charge in [0.15, 0.2) is 0 Å². The third-order valence-corrected chi connectivity index (χ3v) is 3.06. The number of carbonyl (C=O) groups excluding carboxylic acids is 1. The van der Waals surface area contributed by atoms with Gasteiger partial charge in [-0.05, 0) is 32.0 Å². The lowest BCUT2D eigenvalue weighted by Crippen LogP contribution is -2.47. The number of rotatable bonds is 3. The normalized spacial score (nSPS) is 11.4. The lowest BCUT2D eigenvalue weighted by Gasteiger charge is -2.34. The van der Waals surface area contributed by atoms with Crippen molar-refractivity contribution in [3.63, 3.8) is 0 Å². The molecule has 5 heteroatoms. The SMILES string of the molecule is CN(C(=O)c1ccc(F)c(Cl)c1)C(C)(C)CO. The molecule has 0 saturated carbocycles. The fourth-order valence-corrected chi connectivity index (χ4v) is 1.38. The van der Waals surface area contributed by atoms with Gasteiger partial charge in [0.1, 0.15) is 5.82 Å². The summed E-state index contributed by atoms with van der Waals surface area (Å²) < 4.78 is 13.0. The number of halogens is 2. The van der Waals surface area contributed by atoms with E-state index in [4.69, 9.17) is 11.6 Å².